The lowest BCUT2D eigenvalue weighted by Crippen LogP contribution is -2.00. The molecule has 0 radical (unpaired) electrons. The van der Waals surface area contributed by atoms with Gasteiger partial charge in [0, 0.05) is 6.42 Å². The minimum atomic E-state index is -2.67. The molecule has 1 rings (SSSR count). The summed E-state index contributed by atoms with van der Waals surface area (Å²) in [7, 11) is 0. The van der Waals surface area contributed by atoms with E-state index in [9.17, 15) is 8.78 Å². The molecule has 0 aromatic carbocycles. The molecule has 6 heteroatoms. The topological polar surface area (TPSA) is 64.9 Å². The first-order chi connectivity index (χ1) is 5.74. The number of nitrogens with zero attached hydrogens (tertiary/aromatic N) is 2. The first-order valence-corrected chi connectivity index (χ1v) is 3.54. The first-order valence-electron chi connectivity index (χ1n) is 3.54. The van der Waals surface area contributed by atoms with Crippen LogP contribution in [0.1, 0.15) is 24.6 Å². The average Bonchev–Trinajstić information content (AvgIpc) is 2.48. The van der Waals surface area contributed by atoms with Gasteiger partial charge in [0.15, 0.2) is 0 Å². The number of hydrogen-bond acceptors (Lipinski definition) is 4. The molecule has 0 amide bonds. The molecule has 0 saturated heterocycles. The molecule has 0 saturated carbocycles. The first kappa shape index (κ1) is 9.05. The van der Waals surface area contributed by atoms with Gasteiger partial charge in [-0.1, -0.05) is 5.16 Å². The average molecular weight is 177 g/mol. The van der Waals surface area contributed by atoms with E-state index >= 15 is 0 Å². The fraction of sp³-hybridized carbons (Fsp3) is 0.667. The third kappa shape index (κ3) is 2.23. The second kappa shape index (κ2) is 4.10. The molecule has 68 valence electrons. The molecular weight excluding hydrogens is 168 g/mol. The van der Waals surface area contributed by atoms with E-state index in [4.69, 9.17) is 5.73 Å². The molecule has 12 heavy (non-hydrogen) atoms. The SMILES string of the molecule is NCCCc1nc(C(F)F)no1. The highest BCUT2D eigenvalue weighted by Gasteiger charge is 2.14. The maximum atomic E-state index is 11.9. The summed E-state index contributed by atoms with van der Waals surface area (Å²) in [4.78, 5) is 3.46. The summed E-state index contributed by atoms with van der Waals surface area (Å²) >= 11 is 0. The molecule has 1 aromatic heterocycles. The van der Waals surface area contributed by atoms with Crippen LogP contribution in [-0.2, 0) is 6.42 Å². The molecular formula is C6H9F2N3O. The van der Waals surface area contributed by atoms with Crippen molar-refractivity contribution in [3.8, 4) is 0 Å². The number of halogens is 2. The number of nitrogens with two attached hydrogens (primary N) is 1. The zero-order valence-corrected chi connectivity index (χ0v) is 6.33. The summed E-state index contributed by atoms with van der Waals surface area (Å²) in [5.41, 5.74) is 5.20. The Labute approximate surface area is 67.7 Å². The van der Waals surface area contributed by atoms with E-state index in [1.54, 1.807) is 0 Å². The molecule has 2 N–H and O–H groups in total. The summed E-state index contributed by atoms with van der Waals surface area (Å²) in [6.07, 6.45) is -1.55. The zero-order valence-electron chi connectivity index (χ0n) is 6.33. The van der Waals surface area contributed by atoms with E-state index in [0.717, 1.165) is 0 Å². The molecule has 0 bridgehead atoms. The van der Waals surface area contributed by atoms with Gasteiger partial charge in [0.25, 0.3) is 0 Å². The third-order valence-corrected chi connectivity index (χ3v) is 1.27. The summed E-state index contributed by atoms with van der Waals surface area (Å²) in [6.45, 7) is 0.479. The highest BCUT2D eigenvalue weighted by atomic mass is 19.3. The molecule has 0 unspecified atom stereocenters. The third-order valence-electron chi connectivity index (χ3n) is 1.27. The van der Waals surface area contributed by atoms with Gasteiger partial charge < -0.3 is 10.3 Å². The fourth-order valence-corrected chi connectivity index (χ4v) is 0.712. The molecule has 0 aliphatic heterocycles. The molecule has 0 fully saturated rings. The van der Waals surface area contributed by atoms with Crippen LogP contribution >= 0.6 is 0 Å². The highest BCUT2D eigenvalue weighted by molar-refractivity contribution is 4.87. The largest absolute Gasteiger partial charge is 0.339 e. The Morgan fingerprint density at radius 2 is 2.25 bits per heavy atom. The smallest absolute Gasteiger partial charge is 0.300 e. The van der Waals surface area contributed by atoms with Gasteiger partial charge in [0.2, 0.25) is 11.7 Å². The highest BCUT2D eigenvalue weighted by Crippen LogP contribution is 2.14. The van der Waals surface area contributed by atoms with Crippen molar-refractivity contribution in [2.75, 3.05) is 6.54 Å². The molecule has 0 spiro atoms. The van der Waals surface area contributed by atoms with Crippen molar-refractivity contribution >= 4 is 0 Å². The van der Waals surface area contributed by atoms with Crippen LogP contribution in [-0.4, -0.2) is 16.7 Å². The molecule has 0 aliphatic rings. The van der Waals surface area contributed by atoms with Gasteiger partial charge in [0.05, 0.1) is 0 Å². The normalized spacial score (nSPS) is 11.0. The van der Waals surface area contributed by atoms with Crippen LogP contribution < -0.4 is 5.73 Å². The number of alkyl halides is 2. The van der Waals surface area contributed by atoms with Gasteiger partial charge in [0.1, 0.15) is 0 Å². The minimum Gasteiger partial charge on any atom is -0.339 e. The van der Waals surface area contributed by atoms with Crippen LogP contribution in [0.25, 0.3) is 0 Å². The second-order valence-corrected chi connectivity index (χ2v) is 2.24. The Morgan fingerprint density at radius 3 is 2.75 bits per heavy atom. The predicted octanol–water partition coefficient (Wildman–Crippen LogP) is 0.899. The Balaban J connectivity index is 2.52. The van der Waals surface area contributed by atoms with Crippen LogP contribution in [0.5, 0.6) is 0 Å². The monoisotopic (exact) mass is 177 g/mol. The van der Waals surface area contributed by atoms with Gasteiger partial charge in [-0.05, 0) is 13.0 Å². The van der Waals surface area contributed by atoms with Crippen molar-refractivity contribution in [2.45, 2.75) is 19.3 Å². The molecule has 0 atom stereocenters. The van der Waals surface area contributed by atoms with Crippen LogP contribution in [0.15, 0.2) is 4.52 Å². The number of aromatic nitrogens is 2. The van der Waals surface area contributed by atoms with E-state index in [2.05, 4.69) is 14.7 Å². The van der Waals surface area contributed by atoms with Crippen molar-refractivity contribution < 1.29 is 13.3 Å². The molecule has 1 heterocycles. The van der Waals surface area contributed by atoms with E-state index in [0.29, 0.717) is 19.4 Å². The lowest BCUT2D eigenvalue weighted by atomic mass is 10.3. The van der Waals surface area contributed by atoms with Gasteiger partial charge in [-0.15, -0.1) is 0 Å². The van der Waals surface area contributed by atoms with Crippen LogP contribution in [0, 0.1) is 0 Å². The van der Waals surface area contributed by atoms with E-state index < -0.39 is 12.2 Å². The van der Waals surface area contributed by atoms with Crippen molar-refractivity contribution in [1.29, 1.82) is 0 Å². The minimum absolute atomic E-state index is 0.218. The van der Waals surface area contributed by atoms with Crippen LogP contribution in [0.3, 0.4) is 0 Å². The van der Waals surface area contributed by atoms with Crippen molar-refractivity contribution in [2.24, 2.45) is 5.73 Å². The lowest BCUT2D eigenvalue weighted by molar-refractivity contribution is 0.136. The molecule has 4 nitrogen and oxygen atoms in total. The molecule has 1 aromatic rings. The summed E-state index contributed by atoms with van der Waals surface area (Å²) in [6, 6.07) is 0. The van der Waals surface area contributed by atoms with E-state index in [1.165, 1.54) is 0 Å². The van der Waals surface area contributed by atoms with Crippen LogP contribution in [0.4, 0.5) is 8.78 Å². The van der Waals surface area contributed by atoms with Crippen molar-refractivity contribution in [3.63, 3.8) is 0 Å². The Bertz CT molecular complexity index is 238. The summed E-state index contributed by atoms with van der Waals surface area (Å²) in [5, 5.41) is 3.09. The van der Waals surface area contributed by atoms with E-state index in [1.807, 2.05) is 0 Å². The van der Waals surface area contributed by atoms with Gasteiger partial charge in [-0.25, -0.2) is 8.78 Å². The maximum Gasteiger partial charge on any atom is 0.300 e. The van der Waals surface area contributed by atoms with Gasteiger partial charge in [-0.2, -0.15) is 4.98 Å². The van der Waals surface area contributed by atoms with Gasteiger partial charge in [-0.3, -0.25) is 0 Å². The fourth-order valence-electron chi connectivity index (χ4n) is 0.712. The Morgan fingerprint density at radius 1 is 1.50 bits per heavy atom. The zero-order chi connectivity index (χ0) is 8.97. The van der Waals surface area contributed by atoms with Gasteiger partial charge >= 0.3 is 6.43 Å². The maximum absolute atomic E-state index is 11.9. The summed E-state index contributed by atoms with van der Waals surface area (Å²) < 4.78 is 28.3. The van der Waals surface area contributed by atoms with Crippen molar-refractivity contribution in [3.05, 3.63) is 11.7 Å². The second-order valence-electron chi connectivity index (χ2n) is 2.24. The van der Waals surface area contributed by atoms with E-state index in [-0.39, 0.29) is 5.89 Å². The predicted molar refractivity (Wildman–Crippen MR) is 36.6 cm³/mol. The van der Waals surface area contributed by atoms with Crippen molar-refractivity contribution in [1.82, 2.24) is 10.1 Å². The number of rotatable bonds is 4. The molecule has 0 aliphatic carbocycles. The Kier molecular flexibility index (Phi) is 3.09. The number of hydrogen-bond donors (Lipinski definition) is 1. The Hall–Kier alpha value is -1.04. The quantitative estimate of drug-likeness (QED) is 0.741. The lowest BCUT2D eigenvalue weighted by Gasteiger charge is -1.88. The van der Waals surface area contributed by atoms with Crippen LogP contribution in [0.2, 0.25) is 0 Å². The standard InChI is InChI=1S/C6H9F2N3O/c7-5(8)6-10-4(12-11-6)2-1-3-9/h5H,1-3,9H2. The number of aryl methyl sites for hydroxylation is 1. The summed E-state index contributed by atoms with van der Waals surface area (Å²) in [5.74, 6) is -0.335.